The summed E-state index contributed by atoms with van der Waals surface area (Å²) in [5.74, 6) is -0.209. The van der Waals surface area contributed by atoms with Crippen molar-refractivity contribution in [2.75, 3.05) is 16.1 Å². The molecule has 0 aromatic heterocycles. The van der Waals surface area contributed by atoms with Gasteiger partial charge in [-0.05, 0) is 12.1 Å². The summed E-state index contributed by atoms with van der Waals surface area (Å²) in [6, 6.07) is 5.83. The van der Waals surface area contributed by atoms with Gasteiger partial charge < -0.3 is 5.73 Å². The molecule has 7 nitrogen and oxygen atoms in total. The Balaban J connectivity index is 2.98. The van der Waals surface area contributed by atoms with Crippen LogP contribution in [0.4, 0.5) is 5.69 Å². The number of hydrogen-bond acceptors (Lipinski definition) is 5. The van der Waals surface area contributed by atoms with E-state index in [4.69, 9.17) is 11.1 Å². The van der Waals surface area contributed by atoms with Gasteiger partial charge in [-0.25, -0.2) is 16.8 Å². The van der Waals surface area contributed by atoms with Crippen LogP contribution in [0, 0.1) is 5.41 Å². The van der Waals surface area contributed by atoms with E-state index in [0.29, 0.717) is 5.56 Å². The lowest BCUT2D eigenvalue weighted by molar-refractivity contribution is 0.595. The maximum absolute atomic E-state index is 11.5. The molecule has 100 valence electrons. The van der Waals surface area contributed by atoms with Crippen LogP contribution >= 0.6 is 0 Å². The Labute approximate surface area is 105 Å². The molecular weight excluding hydrogens is 278 g/mol. The van der Waals surface area contributed by atoms with E-state index in [1.165, 1.54) is 24.3 Å². The lowest BCUT2D eigenvalue weighted by atomic mass is 10.2. The predicted octanol–water partition coefficient (Wildman–Crippen LogP) is -0.286. The van der Waals surface area contributed by atoms with Crippen LogP contribution in [0.25, 0.3) is 0 Å². The van der Waals surface area contributed by atoms with Crippen molar-refractivity contribution >= 4 is 31.4 Å². The van der Waals surface area contributed by atoms with E-state index in [1.807, 2.05) is 0 Å². The lowest BCUT2D eigenvalue weighted by Crippen LogP contribution is -2.22. The van der Waals surface area contributed by atoms with Crippen LogP contribution in [0.3, 0.4) is 0 Å². The molecule has 0 saturated carbocycles. The van der Waals surface area contributed by atoms with E-state index in [-0.39, 0.29) is 11.5 Å². The van der Waals surface area contributed by atoms with Gasteiger partial charge in [0.15, 0.2) is 14.9 Å². The van der Waals surface area contributed by atoms with Gasteiger partial charge in [0.05, 0.1) is 0 Å². The zero-order valence-corrected chi connectivity index (χ0v) is 11.2. The second kappa shape index (κ2) is 4.94. The summed E-state index contributed by atoms with van der Waals surface area (Å²) in [5, 5.41) is 6.22. The van der Waals surface area contributed by atoms with Crippen molar-refractivity contribution in [2.24, 2.45) is 5.73 Å². The Morgan fingerprint density at radius 2 is 1.94 bits per heavy atom. The summed E-state index contributed by atoms with van der Waals surface area (Å²) >= 11 is 0. The van der Waals surface area contributed by atoms with E-state index in [1.54, 1.807) is 0 Å². The smallest absolute Gasteiger partial charge is 0.247 e. The largest absolute Gasteiger partial charge is 0.384 e. The van der Waals surface area contributed by atoms with Crippen molar-refractivity contribution in [2.45, 2.75) is 0 Å². The maximum Gasteiger partial charge on any atom is 0.247 e. The summed E-state index contributed by atoms with van der Waals surface area (Å²) in [4.78, 5) is 0. The monoisotopic (exact) mass is 291 g/mol. The molecule has 4 N–H and O–H groups in total. The van der Waals surface area contributed by atoms with Crippen LogP contribution < -0.4 is 10.5 Å². The van der Waals surface area contributed by atoms with Gasteiger partial charge in [0.2, 0.25) is 10.0 Å². The third-order valence-corrected chi connectivity index (χ3v) is 5.32. The van der Waals surface area contributed by atoms with E-state index >= 15 is 0 Å². The van der Waals surface area contributed by atoms with Gasteiger partial charge in [0, 0.05) is 17.5 Å². The number of nitrogen functional groups attached to an aromatic ring is 1. The van der Waals surface area contributed by atoms with Gasteiger partial charge in [-0.1, -0.05) is 12.1 Å². The molecular formula is C9H13N3O4S2. The zero-order chi connectivity index (χ0) is 14.0. The van der Waals surface area contributed by atoms with Crippen molar-refractivity contribution in [3.05, 3.63) is 29.8 Å². The Bertz CT molecular complexity index is 665. The van der Waals surface area contributed by atoms with Crippen LogP contribution in [-0.4, -0.2) is 34.0 Å². The number of hydrogen-bond donors (Lipinski definition) is 3. The Morgan fingerprint density at radius 1 is 1.33 bits per heavy atom. The van der Waals surface area contributed by atoms with Gasteiger partial charge in [0.1, 0.15) is 5.84 Å². The van der Waals surface area contributed by atoms with Gasteiger partial charge in [-0.2, -0.15) is 0 Å². The van der Waals surface area contributed by atoms with Crippen LogP contribution in [0.15, 0.2) is 24.3 Å². The highest BCUT2D eigenvalue weighted by Gasteiger charge is 2.18. The van der Waals surface area contributed by atoms with Gasteiger partial charge in [-0.3, -0.25) is 10.1 Å². The molecule has 0 radical (unpaired) electrons. The van der Waals surface area contributed by atoms with E-state index in [9.17, 15) is 16.8 Å². The standard InChI is InChI=1S/C9H13N3O4S2/c1-17(13,14)6-18(15,16)12-8-4-2-3-7(5-8)9(10)11/h2-5,12H,6H2,1H3,(H3,10,11). The van der Waals surface area contributed by atoms with Crippen molar-refractivity contribution in [3.63, 3.8) is 0 Å². The number of sulfonamides is 1. The first-order valence-electron chi connectivity index (χ1n) is 4.72. The van der Waals surface area contributed by atoms with E-state index in [2.05, 4.69) is 4.72 Å². The average molecular weight is 291 g/mol. The number of anilines is 1. The molecule has 0 aliphatic heterocycles. The summed E-state index contributed by atoms with van der Waals surface area (Å²) in [7, 11) is -7.63. The van der Waals surface area contributed by atoms with E-state index in [0.717, 1.165) is 6.26 Å². The highest BCUT2D eigenvalue weighted by Crippen LogP contribution is 2.12. The third-order valence-electron chi connectivity index (χ3n) is 1.82. The van der Waals surface area contributed by atoms with Crippen LogP contribution in [0.1, 0.15) is 5.56 Å². The lowest BCUT2D eigenvalue weighted by Gasteiger charge is -2.08. The molecule has 0 unspecified atom stereocenters. The SMILES string of the molecule is CS(=O)(=O)CS(=O)(=O)Nc1cccc(C(=N)N)c1. The number of nitrogens with one attached hydrogen (secondary N) is 2. The predicted molar refractivity (Wildman–Crippen MR) is 69.7 cm³/mol. The van der Waals surface area contributed by atoms with Gasteiger partial charge >= 0.3 is 0 Å². The quantitative estimate of drug-likeness (QED) is 0.507. The summed E-state index contributed by atoms with van der Waals surface area (Å²) in [5.41, 5.74) is 5.76. The maximum atomic E-state index is 11.5. The molecule has 0 bridgehead atoms. The number of rotatable bonds is 5. The molecule has 0 spiro atoms. The summed E-state index contributed by atoms with van der Waals surface area (Å²) in [6.07, 6.45) is 0.832. The fourth-order valence-corrected chi connectivity index (χ4v) is 4.22. The first-order chi connectivity index (χ1) is 8.09. The molecule has 9 heteroatoms. The van der Waals surface area contributed by atoms with Crippen molar-refractivity contribution < 1.29 is 16.8 Å². The topological polar surface area (TPSA) is 130 Å². The Hall–Kier alpha value is -1.61. The second-order valence-corrected chi connectivity index (χ2v) is 7.98. The molecule has 1 aromatic carbocycles. The Kier molecular flexibility index (Phi) is 3.97. The van der Waals surface area contributed by atoms with Gasteiger partial charge in [-0.15, -0.1) is 0 Å². The Morgan fingerprint density at radius 3 is 2.44 bits per heavy atom. The fourth-order valence-electron chi connectivity index (χ4n) is 1.24. The summed E-state index contributed by atoms with van der Waals surface area (Å²) in [6.45, 7) is 0. The number of benzene rings is 1. The number of sulfone groups is 1. The molecule has 0 aliphatic carbocycles. The first-order valence-corrected chi connectivity index (χ1v) is 8.43. The summed E-state index contributed by atoms with van der Waals surface area (Å²) < 4.78 is 47.0. The first kappa shape index (κ1) is 14.5. The molecule has 0 saturated heterocycles. The van der Waals surface area contributed by atoms with Gasteiger partial charge in [0.25, 0.3) is 0 Å². The van der Waals surface area contributed by atoms with Crippen molar-refractivity contribution in [3.8, 4) is 0 Å². The second-order valence-electron chi connectivity index (χ2n) is 3.75. The molecule has 18 heavy (non-hydrogen) atoms. The number of amidine groups is 1. The minimum atomic E-state index is -3.98. The third kappa shape index (κ3) is 4.72. The molecule has 1 aromatic rings. The highest BCUT2D eigenvalue weighted by molar-refractivity contribution is 8.08. The minimum Gasteiger partial charge on any atom is -0.384 e. The minimum absolute atomic E-state index is 0.159. The average Bonchev–Trinajstić information content (AvgIpc) is 2.12. The molecule has 0 atom stereocenters. The van der Waals surface area contributed by atoms with E-state index < -0.39 is 24.9 Å². The molecule has 0 amide bonds. The van der Waals surface area contributed by atoms with Crippen LogP contribution in [0.2, 0.25) is 0 Å². The van der Waals surface area contributed by atoms with Crippen LogP contribution in [-0.2, 0) is 19.9 Å². The zero-order valence-electron chi connectivity index (χ0n) is 9.54. The fraction of sp³-hybridized carbons (Fsp3) is 0.222. The van der Waals surface area contributed by atoms with Crippen LogP contribution in [0.5, 0.6) is 0 Å². The highest BCUT2D eigenvalue weighted by atomic mass is 32.3. The molecule has 0 fully saturated rings. The number of nitrogens with two attached hydrogens (primary N) is 1. The van der Waals surface area contributed by atoms with Crippen molar-refractivity contribution in [1.29, 1.82) is 5.41 Å². The molecule has 0 heterocycles. The molecule has 0 aliphatic rings. The normalized spacial score (nSPS) is 12.1. The van der Waals surface area contributed by atoms with Crippen molar-refractivity contribution in [1.82, 2.24) is 0 Å². The molecule has 1 rings (SSSR count).